The molecule has 2 aliphatic rings. The monoisotopic (exact) mass is 407 g/mol. The van der Waals surface area contributed by atoms with Crippen LogP contribution < -0.4 is 4.90 Å². The summed E-state index contributed by atoms with van der Waals surface area (Å²) in [6.45, 7) is 3.18. The molecular formula is C23H26FN5O. The maximum Gasteiger partial charge on any atom is 0.227 e. The number of rotatable bonds is 3. The zero-order valence-electron chi connectivity index (χ0n) is 16.9. The van der Waals surface area contributed by atoms with Gasteiger partial charge in [-0.25, -0.2) is 14.4 Å². The number of fused-ring (bicyclic) bond motifs is 1. The van der Waals surface area contributed by atoms with Crippen molar-refractivity contribution in [2.75, 3.05) is 31.1 Å². The number of aromatic nitrogens is 3. The first-order valence-electron chi connectivity index (χ1n) is 10.8. The number of likely N-dealkylation sites (tertiary alicyclic amines) is 1. The van der Waals surface area contributed by atoms with E-state index >= 15 is 0 Å². The third-order valence-electron chi connectivity index (χ3n) is 6.40. The number of carbonyl (C=O) groups is 1. The largest absolute Gasteiger partial charge is 0.356 e. The lowest BCUT2D eigenvalue weighted by molar-refractivity contribution is -0.136. The summed E-state index contributed by atoms with van der Waals surface area (Å²) >= 11 is 0. The van der Waals surface area contributed by atoms with E-state index in [9.17, 15) is 9.18 Å². The van der Waals surface area contributed by atoms with Gasteiger partial charge in [0, 0.05) is 38.3 Å². The lowest BCUT2D eigenvalue weighted by atomic mass is 9.92. The van der Waals surface area contributed by atoms with Gasteiger partial charge >= 0.3 is 0 Å². The van der Waals surface area contributed by atoms with E-state index in [1.54, 1.807) is 12.3 Å². The number of piperidine rings is 2. The van der Waals surface area contributed by atoms with Crippen LogP contribution in [0.2, 0.25) is 0 Å². The van der Waals surface area contributed by atoms with E-state index in [1.807, 2.05) is 23.1 Å². The van der Waals surface area contributed by atoms with Crippen molar-refractivity contribution in [1.29, 1.82) is 0 Å². The van der Waals surface area contributed by atoms with Gasteiger partial charge in [-0.3, -0.25) is 4.79 Å². The lowest BCUT2D eigenvalue weighted by Gasteiger charge is -2.38. The number of imidazole rings is 1. The summed E-state index contributed by atoms with van der Waals surface area (Å²) in [5.41, 5.74) is 1.53. The zero-order chi connectivity index (χ0) is 20.5. The molecule has 1 amide bonds. The molecule has 0 aliphatic carbocycles. The molecule has 7 heteroatoms. The second-order valence-electron chi connectivity index (χ2n) is 8.36. The fourth-order valence-corrected chi connectivity index (χ4v) is 4.75. The van der Waals surface area contributed by atoms with Gasteiger partial charge in [-0.05, 0) is 56.0 Å². The Balaban J connectivity index is 1.21. The summed E-state index contributed by atoms with van der Waals surface area (Å²) in [5.74, 6) is 2.18. The van der Waals surface area contributed by atoms with Gasteiger partial charge in [0.2, 0.25) is 5.91 Å². The Hall–Kier alpha value is -2.96. The second-order valence-corrected chi connectivity index (χ2v) is 8.36. The summed E-state index contributed by atoms with van der Waals surface area (Å²) in [5, 5.41) is 0. The van der Waals surface area contributed by atoms with Crippen LogP contribution in [0.3, 0.4) is 0 Å². The highest BCUT2D eigenvalue weighted by molar-refractivity contribution is 5.80. The highest BCUT2D eigenvalue weighted by Gasteiger charge is 2.32. The summed E-state index contributed by atoms with van der Waals surface area (Å²) in [6.07, 6.45) is 5.52. The summed E-state index contributed by atoms with van der Waals surface area (Å²) < 4.78 is 13.4. The molecule has 1 atom stereocenters. The molecule has 1 unspecified atom stereocenters. The number of pyridine rings is 1. The Kier molecular flexibility index (Phi) is 5.11. The number of amides is 1. The number of H-pyrrole nitrogens is 1. The maximum atomic E-state index is 13.4. The van der Waals surface area contributed by atoms with Gasteiger partial charge in [0.15, 0.2) is 0 Å². The molecule has 2 aromatic heterocycles. The Labute approximate surface area is 175 Å². The van der Waals surface area contributed by atoms with Crippen LogP contribution in [0, 0.1) is 11.7 Å². The minimum absolute atomic E-state index is 0.0338. The van der Waals surface area contributed by atoms with Crippen LogP contribution in [0.1, 0.15) is 37.4 Å². The Morgan fingerprint density at radius 3 is 2.77 bits per heavy atom. The topological polar surface area (TPSA) is 65.1 Å². The minimum Gasteiger partial charge on any atom is -0.356 e. The van der Waals surface area contributed by atoms with Gasteiger partial charge < -0.3 is 14.8 Å². The standard InChI is InChI=1S/C23H26FN5O/c24-18-6-7-19-20(14-18)27-22(26-19)16-8-12-28(13-9-16)23(30)17-4-3-11-29(15-17)21-5-1-2-10-25-21/h1-2,5-7,10,14,16-17H,3-4,8-9,11-13,15H2,(H,26,27). The molecule has 0 spiro atoms. The van der Waals surface area contributed by atoms with Crippen molar-refractivity contribution in [3.63, 3.8) is 0 Å². The van der Waals surface area contributed by atoms with Crippen LogP contribution in [-0.4, -0.2) is 51.9 Å². The molecule has 0 bridgehead atoms. The van der Waals surface area contributed by atoms with Crippen molar-refractivity contribution in [2.24, 2.45) is 5.92 Å². The zero-order valence-corrected chi connectivity index (χ0v) is 16.9. The van der Waals surface area contributed by atoms with Crippen molar-refractivity contribution < 1.29 is 9.18 Å². The predicted molar refractivity (Wildman–Crippen MR) is 114 cm³/mol. The Bertz CT molecular complexity index is 1030. The molecule has 1 N–H and O–H groups in total. The smallest absolute Gasteiger partial charge is 0.227 e. The molecule has 0 radical (unpaired) electrons. The van der Waals surface area contributed by atoms with E-state index in [4.69, 9.17) is 0 Å². The Morgan fingerprint density at radius 1 is 1.10 bits per heavy atom. The van der Waals surface area contributed by atoms with Crippen molar-refractivity contribution in [2.45, 2.75) is 31.6 Å². The van der Waals surface area contributed by atoms with Crippen LogP contribution in [0.15, 0.2) is 42.6 Å². The highest BCUT2D eigenvalue weighted by Crippen LogP contribution is 2.30. The molecule has 5 rings (SSSR count). The quantitative estimate of drug-likeness (QED) is 0.719. The van der Waals surface area contributed by atoms with Crippen LogP contribution in [0.5, 0.6) is 0 Å². The third kappa shape index (κ3) is 3.76. The van der Waals surface area contributed by atoms with E-state index in [2.05, 4.69) is 19.9 Å². The van der Waals surface area contributed by atoms with Crippen LogP contribution in [0.4, 0.5) is 10.2 Å². The number of anilines is 1. The van der Waals surface area contributed by atoms with Gasteiger partial charge in [0.1, 0.15) is 17.5 Å². The molecule has 6 nitrogen and oxygen atoms in total. The molecule has 156 valence electrons. The maximum absolute atomic E-state index is 13.4. The van der Waals surface area contributed by atoms with Crippen LogP contribution in [-0.2, 0) is 4.79 Å². The first-order valence-corrected chi connectivity index (χ1v) is 10.8. The molecule has 2 fully saturated rings. The molecular weight excluding hydrogens is 381 g/mol. The fourth-order valence-electron chi connectivity index (χ4n) is 4.75. The fraction of sp³-hybridized carbons (Fsp3) is 0.435. The summed E-state index contributed by atoms with van der Waals surface area (Å²) in [6, 6.07) is 10.6. The summed E-state index contributed by atoms with van der Waals surface area (Å²) in [7, 11) is 0. The third-order valence-corrected chi connectivity index (χ3v) is 6.40. The van der Waals surface area contributed by atoms with Gasteiger partial charge in [0.25, 0.3) is 0 Å². The molecule has 2 aliphatic heterocycles. The predicted octanol–water partition coefficient (Wildman–Crippen LogP) is 3.72. The van der Waals surface area contributed by atoms with E-state index in [0.717, 1.165) is 74.5 Å². The van der Waals surface area contributed by atoms with Gasteiger partial charge in [-0.15, -0.1) is 0 Å². The second kappa shape index (κ2) is 8.05. The molecule has 3 aromatic rings. The van der Waals surface area contributed by atoms with Crippen molar-refractivity contribution in [3.05, 3.63) is 54.2 Å². The number of hydrogen-bond acceptors (Lipinski definition) is 4. The van der Waals surface area contributed by atoms with Crippen LogP contribution in [0.25, 0.3) is 11.0 Å². The average molecular weight is 407 g/mol. The molecule has 0 saturated carbocycles. The van der Waals surface area contributed by atoms with Crippen molar-refractivity contribution in [1.82, 2.24) is 19.9 Å². The first-order chi connectivity index (χ1) is 14.7. The van der Waals surface area contributed by atoms with Crippen LogP contribution >= 0.6 is 0 Å². The van der Waals surface area contributed by atoms with E-state index < -0.39 is 0 Å². The summed E-state index contributed by atoms with van der Waals surface area (Å²) in [4.78, 5) is 29.8. The SMILES string of the molecule is O=C(C1CCCN(c2ccccn2)C1)N1CCC(c2nc3ccc(F)cc3[nH]2)CC1. The molecule has 2 saturated heterocycles. The minimum atomic E-state index is -0.259. The number of halogens is 1. The number of hydrogen-bond donors (Lipinski definition) is 1. The number of nitrogens with zero attached hydrogens (tertiary/aromatic N) is 4. The molecule has 4 heterocycles. The number of nitrogens with one attached hydrogen (secondary N) is 1. The van der Waals surface area contributed by atoms with E-state index in [0.29, 0.717) is 0 Å². The molecule has 30 heavy (non-hydrogen) atoms. The van der Waals surface area contributed by atoms with Crippen molar-refractivity contribution >= 4 is 22.8 Å². The van der Waals surface area contributed by atoms with Gasteiger partial charge in [-0.2, -0.15) is 0 Å². The Morgan fingerprint density at radius 2 is 1.97 bits per heavy atom. The van der Waals surface area contributed by atoms with Crippen molar-refractivity contribution in [3.8, 4) is 0 Å². The number of aromatic amines is 1. The highest BCUT2D eigenvalue weighted by atomic mass is 19.1. The van der Waals surface area contributed by atoms with Gasteiger partial charge in [0.05, 0.1) is 17.0 Å². The molecule has 1 aromatic carbocycles. The lowest BCUT2D eigenvalue weighted by Crippen LogP contribution is -2.47. The van der Waals surface area contributed by atoms with Gasteiger partial charge in [-0.1, -0.05) is 6.07 Å². The number of carbonyl (C=O) groups excluding carboxylic acids is 1. The van der Waals surface area contributed by atoms with E-state index in [-0.39, 0.29) is 23.6 Å². The first kappa shape index (κ1) is 19.0. The average Bonchev–Trinajstić information content (AvgIpc) is 3.22. The normalized spacial score (nSPS) is 20.6. The number of benzene rings is 1. The van der Waals surface area contributed by atoms with E-state index in [1.165, 1.54) is 12.1 Å².